The van der Waals surface area contributed by atoms with E-state index in [1.807, 2.05) is 26.8 Å². The summed E-state index contributed by atoms with van der Waals surface area (Å²) in [6.07, 6.45) is 0.648. The Morgan fingerprint density at radius 2 is 2.08 bits per heavy atom. The van der Waals surface area contributed by atoms with E-state index in [1.165, 1.54) is 6.07 Å². The summed E-state index contributed by atoms with van der Waals surface area (Å²) in [4.78, 5) is 14.6. The predicted octanol–water partition coefficient (Wildman–Crippen LogP) is 2.98. The van der Waals surface area contributed by atoms with Gasteiger partial charge in [0.15, 0.2) is 5.69 Å². The van der Waals surface area contributed by atoms with Gasteiger partial charge in [0.05, 0.1) is 17.9 Å². The predicted molar refractivity (Wildman–Crippen MR) is 90.9 cm³/mol. The first-order chi connectivity index (χ1) is 11.9. The van der Waals surface area contributed by atoms with E-state index in [1.54, 1.807) is 17.0 Å². The molecular weight excluding hydrogens is 321 g/mol. The Labute approximate surface area is 146 Å². The molecule has 2 aliphatic rings. The molecule has 1 aromatic heterocycles. The number of rotatable bonds is 2. The Morgan fingerprint density at radius 3 is 2.80 bits per heavy atom. The largest absolute Gasteiger partial charge is 0.369 e. The van der Waals surface area contributed by atoms with Crippen LogP contribution in [0.1, 0.15) is 54.2 Å². The monoisotopic (exact) mass is 343 g/mol. The molecule has 1 amide bonds. The standard InChI is InChI=1S/C19H22FN3O2/c1-11-8-13-16(12(2)25-11)21-22-17(13)18(24)23-9-19(3,10-23)14-6-4-5-7-15(14)20/h4-7,11-12H,8-10H2,1-3H3,(H,21,22)/t11-,12+/m1/s1. The SMILES string of the molecule is C[C@@H]1Cc2c(C(=O)N3CC(C)(c4ccccc4F)C3)n[nH]c2[C@H](C)O1. The number of hydrogen-bond donors (Lipinski definition) is 1. The van der Waals surface area contributed by atoms with E-state index in [-0.39, 0.29) is 29.3 Å². The van der Waals surface area contributed by atoms with E-state index in [2.05, 4.69) is 10.2 Å². The molecule has 25 heavy (non-hydrogen) atoms. The van der Waals surface area contributed by atoms with Crippen LogP contribution in [-0.4, -0.2) is 40.2 Å². The van der Waals surface area contributed by atoms with Gasteiger partial charge < -0.3 is 9.64 Å². The van der Waals surface area contributed by atoms with Crippen LogP contribution >= 0.6 is 0 Å². The van der Waals surface area contributed by atoms with Gasteiger partial charge in [-0.15, -0.1) is 0 Å². The number of halogens is 1. The van der Waals surface area contributed by atoms with Crippen molar-refractivity contribution in [2.45, 2.75) is 44.8 Å². The molecule has 0 spiro atoms. The first-order valence-electron chi connectivity index (χ1n) is 8.66. The maximum absolute atomic E-state index is 14.1. The highest BCUT2D eigenvalue weighted by molar-refractivity contribution is 5.95. The fourth-order valence-corrected chi connectivity index (χ4v) is 4.06. The molecule has 0 unspecified atom stereocenters. The summed E-state index contributed by atoms with van der Waals surface area (Å²) in [6.45, 7) is 6.94. The van der Waals surface area contributed by atoms with Gasteiger partial charge in [0.25, 0.3) is 5.91 Å². The van der Waals surface area contributed by atoms with E-state index in [4.69, 9.17) is 4.74 Å². The average molecular weight is 343 g/mol. The number of carbonyl (C=O) groups excluding carboxylic acids is 1. The summed E-state index contributed by atoms with van der Waals surface area (Å²) >= 11 is 0. The molecule has 0 saturated carbocycles. The number of hydrogen-bond acceptors (Lipinski definition) is 3. The number of amides is 1. The van der Waals surface area contributed by atoms with Crippen LogP contribution in [0.5, 0.6) is 0 Å². The summed E-state index contributed by atoms with van der Waals surface area (Å²) in [5, 5.41) is 7.21. The minimum absolute atomic E-state index is 0.0618. The lowest BCUT2D eigenvalue weighted by atomic mass is 9.75. The minimum atomic E-state index is -0.346. The normalized spacial score (nSPS) is 24.6. The second-order valence-electron chi connectivity index (χ2n) is 7.46. The van der Waals surface area contributed by atoms with Crippen LogP contribution in [0.2, 0.25) is 0 Å². The van der Waals surface area contributed by atoms with Gasteiger partial charge in [-0.05, 0) is 25.5 Å². The Kier molecular flexibility index (Phi) is 3.68. The summed E-state index contributed by atoms with van der Waals surface area (Å²) < 4.78 is 19.9. The molecule has 2 aromatic rings. The molecule has 2 atom stereocenters. The molecule has 0 bridgehead atoms. The number of aromatic nitrogens is 2. The molecule has 1 aromatic carbocycles. The Hall–Kier alpha value is -2.21. The highest BCUT2D eigenvalue weighted by Crippen LogP contribution is 2.37. The molecule has 1 saturated heterocycles. The van der Waals surface area contributed by atoms with E-state index in [9.17, 15) is 9.18 Å². The van der Waals surface area contributed by atoms with Crippen molar-refractivity contribution in [2.75, 3.05) is 13.1 Å². The summed E-state index contributed by atoms with van der Waals surface area (Å²) in [6, 6.07) is 6.79. The van der Waals surface area contributed by atoms with E-state index in [0.717, 1.165) is 11.3 Å². The van der Waals surface area contributed by atoms with Crippen LogP contribution in [-0.2, 0) is 16.6 Å². The highest BCUT2D eigenvalue weighted by atomic mass is 19.1. The topological polar surface area (TPSA) is 58.2 Å². The first kappa shape index (κ1) is 16.3. The number of likely N-dealkylation sites (tertiary alicyclic amines) is 1. The second-order valence-corrected chi connectivity index (χ2v) is 7.46. The maximum Gasteiger partial charge on any atom is 0.274 e. The van der Waals surface area contributed by atoms with Crippen LogP contribution in [0, 0.1) is 5.82 Å². The Bertz CT molecular complexity index is 826. The lowest BCUT2D eigenvalue weighted by Crippen LogP contribution is -2.60. The van der Waals surface area contributed by atoms with Crippen LogP contribution in [0.3, 0.4) is 0 Å². The van der Waals surface area contributed by atoms with Crippen LogP contribution in [0.25, 0.3) is 0 Å². The van der Waals surface area contributed by atoms with Crippen LogP contribution < -0.4 is 0 Å². The molecule has 0 aliphatic carbocycles. The third kappa shape index (κ3) is 2.56. The van der Waals surface area contributed by atoms with Crippen molar-refractivity contribution in [3.63, 3.8) is 0 Å². The van der Waals surface area contributed by atoms with Crippen molar-refractivity contribution >= 4 is 5.91 Å². The number of nitrogens with zero attached hydrogens (tertiary/aromatic N) is 2. The number of fused-ring (bicyclic) bond motifs is 1. The Balaban J connectivity index is 1.54. The number of benzene rings is 1. The number of H-pyrrole nitrogens is 1. The van der Waals surface area contributed by atoms with Crippen molar-refractivity contribution in [2.24, 2.45) is 0 Å². The van der Waals surface area contributed by atoms with E-state index < -0.39 is 0 Å². The van der Waals surface area contributed by atoms with Gasteiger partial charge in [-0.2, -0.15) is 5.10 Å². The van der Waals surface area contributed by atoms with Gasteiger partial charge in [-0.3, -0.25) is 9.89 Å². The number of ether oxygens (including phenoxy) is 1. The smallest absolute Gasteiger partial charge is 0.274 e. The van der Waals surface area contributed by atoms with Gasteiger partial charge in [0.1, 0.15) is 5.82 Å². The van der Waals surface area contributed by atoms with Gasteiger partial charge in [0, 0.05) is 30.5 Å². The first-order valence-corrected chi connectivity index (χ1v) is 8.66. The Morgan fingerprint density at radius 1 is 1.36 bits per heavy atom. The molecule has 1 fully saturated rings. The van der Waals surface area contributed by atoms with Crippen LogP contribution in [0.4, 0.5) is 4.39 Å². The van der Waals surface area contributed by atoms with Crippen molar-refractivity contribution in [1.29, 1.82) is 0 Å². The molecular formula is C19H22FN3O2. The third-order valence-electron chi connectivity index (χ3n) is 5.33. The fraction of sp³-hybridized carbons (Fsp3) is 0.474. The molecule has 1 N–H and O–H groups in total. The summed E-state index contributed by atoms with van der Waals surface area (Å²) in [5.74, 6) is -0.304. The molecule has 5 nitrogen and oxygen atoms in total. The molecule has 0 radical (unpaired) electrons. The summed E-state index contributed by atoms with van der Waals surface area (Å²) in [7, 11) is 0. The van der Waals surface area contributed by atoms with Gasteiger partial charge in [-0.1, -0.05) is 25.1 Å². The molecule has 6 heteroatoms. The van der Waals surface area contributed by atoms with Crippen LogP contribution in [0.15, 0.2) is 24.3 Å². The molecule has 132 valence electrons. The van der Waals surface area contributed by atoms with E-state index >= 15 is 0 Å². The van der Waals surface area contributed by atoms with Gasteiger partial charge >= 0.3 is 0 Å². The van der Waals surface area contributed by atoms with Crippen molar-refractivity contribution < 1.29 is 13.9 Å². The van der Waals surface area contributed by atoms with Gasteiger partial charge in [0.2, 0.25) is 0 Å². The minimum Gasteiger partial charge on any atom is -0.369 e. The maximum atomic E-state index is 14.1. The van der Waals surface area contributed by atoms with Crippen molar-refractivity contribution in [1.82, 2.24) is 15.1 Å². The quantitative estimate of drug-likeness (QED) is 0.912. The second kappa shape index (κ2) is 5.66. The highest BCUT2D eigenvalue weighted by Gasteiger charge is 2.45. The average Bonchev–Trinajstić information content (AvgIpc) is 2.95. The summed E-state index contributed by atoms with van der Waals surface area (Å²) in [5.41, 5.74) is 2.64. The molecule has 4 rings (SSSR count). The molecule has 2 aliphatic heterocycles. The van der Waals surface area contributed by atoms with Crippen molar-refractivity contribution in [3.05, 3.63) is 52.6 Å². The molecule has 3 heterocycles. The lowest BCUT2D eigenvalue weighted by molar-refractivity contribution is -0.00713. The van der Waals surface area contributed by atoms with E-state index in [0.29, 0.717) is 30.8 Å². The van der Waals surface area contributed by atoms with Gasteiger partial charge in [-0.25, -0.2) is 4.39 Å². The zero-order valence-electron chi connectivity index (χ0n) is 14.7. The van der Waals surface area contributed by atoms with Crippen molar-refractivity contribution in [3.8, 4) is 0 Å². The fourth-order valence-electron chi connectivity index (χ4n) is 4.06. The lowest BCUT2D eigenvalue weighted by Gasteiger charge is -2.48. The number of aromatic amines is 1. The number of nitrogens with one attached hydrogen (secondary N) is 1. The third-order valence-corrected chi connectivity index (χ3v) is 5.33. The zero-order valence-corrected chi connectivity index (χ0v) is 14.7. The zero-order chi connectivity index (χ0) is 17.8. The number of carbonyl (C=O) groups is 1.